The molecule has 0 aliphatic carbocycles. The SMILES string of the molecule is C=CCO[P+](=O)OC=O. The summed E-state index contributed by atoms with van der Waals surface area (Å²) in [6.07, 6.45) is 1.40. The molecule has 0 heterocycles. The fraction of sp³-hybridized carbons (Fsp3) is 0.250. The smallest absolute Gasteiger partial charge is 0.250 e. The summed E-state index contributed by atoms with van der Waals surface area (Å²) in [5.74, 6) is 0. The minimum atomic E-state index is -2.28. The molecule has 4 nitrogen and oxygen atoms in total. The summed E-state index contributed by atoms with van der Waals surface area (Å²) in [5.41, 5.74) is 0. The van der Waals surface area contributed by atoms with Gasteiger partial charge in [0.15, 0.2) is 0 Å². The second-order valence-electron chi connectivity index (χ2n) is 1.01. The molecule has 0 aliphatic rings. The molecule has 0 saturated carbocycles. The van der Waals surface area contributed by atoms with Crippen LogP contribution in [0.4, 0.5) is 0 Å². The second-order valence-corrected chi connectivity index (χ2v) is 1.93. The summed E-state index contributed by atoms with van der Waals surface area (Å²) in [5, 5.41) is 0. The Hall–Kier alpha value is -0.730. The average molecular weight is 149 g/mol. The molecule has 0 spiro atoms. The van der Waals surface area contributed by atoms with Crippen molar-refractivity contribution in [3.63, 3.8) is 0 Å². The quantitative estimate of drug-likeness (QED) is 0.332. The first kappa shape index (κ1) is 8.27. The topological polar surface area (TPSA) is 52.6 Å². The number of rotatable bonds is 5. The van der Waals surface area contributed by atoms with Gasteiger partial charge in [-0.2, -0.15) is 4.52 Å². The normalized spacial score (nSPS) is 10.0. The molecule has 50 valence electrons. The summed E-state index contributed by atoms with van der Waals surface area (Å²) in [6.45, 7) is 3.48. The molecule has 0 rings (SSSR count). The van der Waals surface area contributed by atoms with Gasteiger partial charge in [-0.05, 0) is 0 Å². The molecule has 0 aliphatic heterocycles. The van der Waals surface area contributed by atoms with E-state index in [0.29, 0.717) is 0 Å². The number of hydrogen-bond donors (Lipinski definition) is 0. The first-order chi connectivity index (χ1) is 4.31. The van der Waals surface area contributed by atoms with Crippen LogP contribution in [0.1, 0.15) is 0 Å². The molecule has 9 heavy (non-hydrogen) atoms. The molecule has 0 aromatic carbocycles. The van der Waals surface area contributed by atoms with Crippen LogP contribution >= 0.6 is 8.25 Å². The maximum Gasteiger partial charge on any atom is 0.753 e. The first-order valence-corrected chi connectivity index (χ1v) is 3.22. The van der Waals surface area contributed by atoms with E-state index in [0.717, 1.165) is 0 Å². The Morgan fingerprint density at radius 1 is 1.67 bits per heavy atom. The monoisotopic (exact) mass is 149 g/mol. The molecule has 0 radical (unpaired) electrons. The molecule has 5 heteroatoms. The Kier molecular flexibility index (Phi) is 4.97. The minimum absolute atomic E-state index is 0.0712. The van der Waals surface area contributed by atoms with Crippen molar-refractivity contribution in [2.45, 2.75) is 0 Å². The lowest BCUT2D eigenvalue weighted by molar-refractivity contribution is -0.120. The third-order valence-electron chi connectivity index (χ3n) is 0.427. The van der Waals surface area contributed by atoms with Crippen molar-refractivity contribution in [2.75, 3.05) is 6.61 Å². The van der Waals surface area contributed by atoms with Gasteiger partial charge in [0.25, 0.3) is 0 Å². The van der Waals surface area contributed by atoms with Gasteiger partial charge in [-0.25, -0.2) is 0 Å². The average Bonchev–Trinajstić information content (AvgIpc) is 1.85. The molecule has 0 bridgehead atoms. The first-order valence-electron chi connectivity index (χ1n) is 2.12. The predicted molar refractivity (Wildman–Crippen MR) is 30.9 cm³/mol. The highest BCUT2D eigenvalue weighted by Gasteiger charge is 2.17. The summed E-state index contributed by atoms with van der Waals surface area (Å²) in [4.78, 5) is 9.47. The minimum Gasteiger partial charge on any atom is -0.250 e. The fourth-order valence-corrected chi connectivity index (χ4v) is 0.537. The van der Waals surface area contributed by atoms with Crippen LogP contribution in [0.3, 0.4) is 0 Å². The number of hydrogen-bond acceptors (Lipinski definition) is 4. The Morgan fingerprint density at radius 3 is 2.78 bits per heavy atom. The highest BCUT2D eigenvalue weighted by molar-refractivity contribution is 7.33. The van der Waals surface area contributed by atoms with Crippen LogP contribution in [0.5, 0.6) is 0 Å². The third-order valence-corrected chi connectivity index (χ3v) is 1.04. The van der Waals surface area contributed by atoms with Crippen LogP contribution in [0.25, 0.3) is 0 Å². The van der Waals surface area contributed by atoms with Gasteiger partial charge >= 0.3 is 14.7 Å². The van der Waals surface area contributed by atoms with Gasteiger partial charge in [-0.3, -0.25) is 4.79 Å². The highest BCUT2D eigenvalue weighted by atomic mass is 31.1. The van der Waals surface area contributed by atoms with Crippen molar-refractivity contribution in [2.24, 2.45) is 0 Å². The molecular formula is C4H6O4P+. The van der Waals surface area contributed by atoms with Gasteiger partial charge in [-0.1, -0.05) is 6.08 Å². The fourth-order valence-electron chi connectivity index (χ4n) is 0.179. The Balaban J connectivity index is 3.26. The largest absolute Gasteiger partial charge is 0.753 e. The van der Waals surface area contributed by atoms with Crippen LogP contribution in [0, 0.1) is 0 Å². The van der Waals surface area contributed by atoms with Crippen LogP contribution in [-0.2, 0) is 18.4 Å². The van der Waals surface area contributed by atoms with Crippen molar-refractivity contribution in [3.05, 3.63) is 12.7 Å². The van der Waals surface area contributed by atoms with Crippen LogP contribution in [0.15, 0.2) is 12.7 Å². The van der Waals surface area contributed by atoms with Crippen molar-refractivity contribution in [3.8, 4) is 0 Å². The number of carbonyl (C=O) groups is 1. The molecule has 1 atom stereocenters. The van der Waals surface area contributed by atoms with Gasteiger partial charge in [0.1, 0.15) is 6.61 Å². The van der Waals surface area contributed by atoms with E-state index in [-0.39, 0.29) is 13.1 Å². The molecule has 1 unspecified atom stereocenters. The Labute approximate surface area is 53.4 Å². The maximum absolute atomic E-state index is 10.2. The maximum atomic E-state index is 10.2. The lowest BCUT2D eigenvalue weighted by Gasteiger charge is -1.76. The van der Waals surface area contributed by atoms with Crippen LogP contribution < -0.4 is 0 Å². The molecule has 0 saturated heterocycles. The zero-order chi connectivity index (χ0) is 7.11. The van der Waals surface area contributed by atoms with Gasteiger partial charge < -0.3 is 0 Å². The molecule has 0 N–H and O–H groups in total. The Bertz CT molecular complexity index is 122. The Morgan fingerprint density at radius 2 is 2.33 bits per heavy atom. The third kappa shape index (κ3) is 5.14. The predicted octanol–water partition coefficient (Wildman–Crippen LogP) is 1.02. The number of carbonyl (C=O) groups excluding carboxylic acids is 1. The van der Waals surface area contributed by atoms with E-state index in [1.165, 1.54) is 6.08 Å². The van der Waals surface area contributed by atoms with E-state index in [9.17, 15) is 9.36 Å². The van der Waals surface area contributed by atoms with E-state index in [4.69, 9.17) is 0 Å². The lowest BCUT2D eigenvalue weighted by Crippen LogP contribution is -1.81. The summed E-state index contributed by atoms with van der Waals surface area (Å²) in [6, 6.07) is 0. The molecule has 0 aromatic rings. The van der Waals surface area contributed by atoms with Crippen LogP contribution in [0.2, 0.25) is 0 Å². The highest BCUT2D eigenvalue weighted by Crippen LogP contribution is 2.20. The van der Waals surface area contributed by atoms with E-state index >= 15 is 0 Å². The van der Waals surface area contributed by atoms with Crippen molar-refractivity contribution in [1.82, 2.24) is 0 Å². The van der Waals surface area contributed by atoms with E-state index in [2.05, 4.69) is 15.6 Å². The lowest BCUT2D eigenvalue weighted by atomic mass is 10.7. The molecule has 0 amide bonds. The summed E-state index contributed by atoms with van der Waals surface area (Å²) >= 11 is 0. The van der Waals surface area contributed by atoms with Gasteiger partial charge in [0.05, 0.1) is 0 Å². The summed E-state index contributed by atoms with van der Waals surface area (Å²) < 4.78 is 18.5. The van der Waals surface area contributed by atoms with Crippen molar-refractivity contribution < 1.29 is 18.4 Å². The molecule has 0 fully saturated rings. The van der Waals surface area contributed by atoms with E-state index in [1.807, 2.05) is 0 Å². The van der Waals surface area contributed by atoms with Gasteiger partial charge in [0.2, 0.25) is 0 Å². The van der Waals surface area contributed by atoms with Crippen molar-refractivity contribution in [1.29, 1.82) is 0 Å². The van der Waals surface area contributed by atoms with Crippen molar-refractivity contribution >= 4 is 14.7 Å². The van der Waals surface area contributed by atoms with Crippen LogP contribution in [-0.4, -0.2) is 13.1 Å². The van der Waals surface area contributed by atoms with E-state index in [1.54, 1.807) is 0 Å². The molecular weight excluding hydrogens is 143 g/mol. The zero-order valence-corrected chi connectivity index (χ0v) is 5.54. The van der Waals surface area contributed by atoms with Gasteiger partial charge in [-0.15, -0.1) is 11.1 Å². The van der Waals surface area contributed by atoms with E-state index < -0.39 is 8.25 Å². The molecule has 0 aromatic heterocycles. The second kappa shape index (κ2) is 5.41. The summed E-state index contributed by atoms with van der Waals surface area (Å²) in [7, 11) is -2.28. The zero-order valence-electron chi connectivity index (χ0n) is 4.65. The van der Waals surface area contributed by atoms with Gasteiger partial charge in [0, 0.05) is 4.57 Å². The standard InChI is InChI=1S/C4H6O4P/c1-2-3-7-9(6)8-4-5/h2,4H,1,3H2/q+1.